The van der Waals surface area contributed by atoms with Crippen molar-refractivity contribution < 1.29 is 27.1 Å². The molecule has 1 aliphatic heterocycles. The van der Waals surface area contributed by atoms with E-state index in [4.69, 9.17) is 50.8 Å². The molecule has 0 aliphatic carbocycles. The van der Waals surface area contributed by atoms with Gasteiger partial charge in [0.2, 0.25) is 0 Å². The minimum atomic E-state index is -4.34. The van der Waals surface area contributed by atoms with Crippen molar-refractivity contribution in [2.75, 3.05) is 26.4 Å². The van der Waals surface area contributed by atoms with Gasteiger partial charge in [0.05, 0.1) is 0 Å². The van der Waals surface area contributed by atoms with Gasteiger partial charge in [-0.05, 0) is 0 Å². The van der Waals surface area contributed by atoms with Crippen LogP contribution in [-0.2, 0) is 41.7 Å². The number of rotatable bonds is 10. The Morgan fingerprint density at radius 2 is 1.07 bits per heavy atom. The molecule has 0 atom stereocenters. The molecule has 0 fully saturated rings. The first-order chi connectivity index (χ1) is 13.5. The van der Waals surface area contributed by atoms with Crippen LogP contribution in [-0.4, -0.2) is 31.6 Å². The van der Waals surface area contributed by atoms with Gasteiger partial charge in [-0.15, -0.1) is 0 Å². The standard InChI is InChI=1S/C18H33O6P3S2/c1-8-19-25(28,20-9-2)27(18(5,6)7,26(29,21-10-3)22-11-4)23-16-14-12-13-15-17(16)24-27/h12-15H,8-11H2,1-7H3. The van der Waals surface area contributed by atoms with E-state index in [1.807, 2.05) is 72.7 Å². The van der Waals surface area contributed by atoms with Crippen molar-refractivity contribution in [2.45, 2.75) is 53.6 Å². The molecule has 1 aromatic rings. The summed E-state index contributed by atoms with van der Waals surface area (Å²) in [6.07, 6.45) is -10.9. The second kappa shape index (κ2) is 9.10. The van der Waals surface area contributed by atoms with Crippen LogP contribution in [0.1, 0.15) is 48.5 Å². The van der Waals surface area contributed by atoms with Crippen molar-refractivity contribution >= 4 is 42.4 Å². The van der Waals surface area contributed by atoms with Gasteiger partial charge < -0.3 is 0 Å². The van der Waals surface area contributed by atoms with E-state index in [2.05, 4.69) is 0 Å². The molecule has 1 heterocycles. The number of hydrogen-bond acceptors (Lipinski definition) is 8. The second-order valence-electron chi connectivity index (χ2n) is 7.28. The topological polar surface area (TPSA) is 55.4 Å². The van der Waals surface area contributed by atoms with Crippen molar-refractivity contribution in [3.63, 3.8) is 0 Å². The van der Waals surface area contributed by atoms with Crippen LogP contribution in [0.2, 0.25) is 0 Å². The summed E-state index contributed by atoms with van der Waals surface area (Å²) < 4.78 is 38.9. The summed E-state index contributed by atoms with van der Waals surface area (Å²) in [5.41, 5.74) is 0. The van der Waals surface area contributed by atoms with Crippen LogP contribution in [0.3, 0.4) is 0 Å². The fourth-order valence-electron chi connectivity index (χ4n) is 3.45. The maximum absolute atomic E-state index is 6.89. The van der Waals surface area contributed by atoms with E-state index in [0.29, 0.717) is 37.9 Å². The molecule has 0 saturated heterocycles. The predicted molar refractivity (Wildman–Crippen MR) is 129 cm³/mol. The molecule has 11 heteroatoms. The van der Waals surface area contributed by atoms with E-state index < -0.39 is 24.0 Å². The Labute approximate surface area is 185 Å². The monoisotopic (exact) mass is 502 g/mol. The first kappa shape index (κ1) is 25.6. The summed E-state index contributed by atoms with van der Waals surface area (Å²) in [6.45, 7) is 14.9. The van der Waals surface area contributed by atoms with E-state index in [-0.39, 0.29) is 0 Å². The molecule has 0 amide bonds. The molecule has 0 saturated carbocycles. The maximum atomic E-state index is 6.89. The zero-order valence-corrected chi connectivity index (χ0v) is 22.6. The summed E-state index contributed by atoms with van der Waals surface area (Å²) in [5.74, 6) is 1.14. The van der Waals surface area contributed by atoms with E-state index in [9.17, 15) is 0 Å². The van der Waals surface area contributed by atoms with Gasteiger partial charge in [-0.2, -0.15) is 0 Å². The van der Waals surface area contributed by atoms with Gasteiger partial charge in [0.1, 0.15) is 0 Å². The molecule has 0 aromatic heterocycles. The van der Waals surface area contributed by atoms with Crippen molar-refractivity contribution in [3.8, 4) is 11.5 Å². The molecule has 0 unspecified atom stereocenters. The molecule has 6 nitrogen and oxygen atoms in total. The molecule has 168 valence electrons. The average molecular weight is 503 g/mol. The van der Waals surface area contributed by atoms with Crippen molar-refractivity contribution in [1.29, 1.82) is 0 Å². The number of benzene rings is 1. The van der Waals surface area contributed by atoms with E-state index in [0.717, 1.165) is 0 Å². The Bertz CT molecular complexity index is 747. The SMILES string of the molecule is CCOP(=S)(OCC)P1(C(C)(C)C)(P(=S)(OCC)OCC)Oc2ccccc2O1. The van der Waals surface area contributed by atoms with Crippen LogP contribution < -0.4 is 9.05 Å². The third-order valence-corrected chi connectivity index (χ3v) is 36.1. The number of hydrogen-bond donors (Lipinski definition) is 0. The summed E-state index contributed by atoms with van der Waals surface area (Å²) in [6, 6.07) is 7.48. The van der Waals surface area contributed by atoms with Crippen LogP contribution in [0.4, 0.5) is 0 Å². The molecular formula is C18H33O6P3S2. The van der Waals surface area contributed by atoms with Gasteiger partial charge in [-0.25, -0.2) is 0 Å². The van der Waals surface area contributed by atoms with Crippen LogP contribution in [0.15, 0.2) is 24.3 Å². The summed E-state index contributed by atoms with van der Waals surface area (Å²) in [7, 11) is 0. The van der Waals surface area contributed by atoms with Crippen LogP contribution in [0, 0.1) is 0 Å². The van der Waals surface area contributed by atoms with Crippen LogP contribution >= 0.6 is 18.8 Å². The molecule has 0 N–H and O–H groups in total. The van der Waals surface area contributed by atoms with E-state index >= 15 is 0 Å². The second-order valence-corrected chi connectivity index (χ2v) is 26.6. The summed E-state index contributed by atoms with van der Waals surface area (Å²) in [4.78, 5) is 0. The molecule has 1 aliphatic rings. The third-order valence-electron chi connectivity index (χ3n) is 4.56. The van der Waals surface area contributed by atoms with Gasteiger partial charge in [0.25, 0.3) is 0 Å². The summed E-state index contributed by atoms with van der Waals surface area (Å²) >= 11 is 12.5. The zero-order valence-electron chi connectivity index (χ0n) is 18.2. The molecule has 0 bridgehead atoms. The first-order valence-corrected chi connectivity index (χ1v) is 18.6. The fraction of sp³-hybridized carbons (Fsp3) is 0.667. The van der Waals surface area contributed by atoms with E-state index in [1.165, 1.54) is 0 Å². The molecule has 29 heavy (non-hydrogen) atoms. The van der Waals surface area contributed by atoms with Gasteiger partial charge in [-0.1, -0.05) is 0 Å². The fourth-order valence-corrected chi connectivity index (χ4v) is 38.3. The Morgan fingerprint density at radius 1 is 0.759 bits per heavy atom. The quantitative estimate of drug-likeness (QED) is 0.311. The number of fused-ring (bicyclic) bond motifs is 1. The Morgan fingerprint density at radius 3 is 1.31 bits per heavy atom. The molecule has 1 aromatic carbocycles. The Balaban J connectivity index is 3.05. The summed E-state index contributed by atoms with van der Waals surface area (Å²) in [5, 5.41) is -0.704. The van der Waals surface area contributed by atoms with Gasteiger partial charge >= 0.3 is 185 Å². The van der Waals surface area contributed by atoms with Gasteiger partial charge in [0.15, 0.2) is 0 Å². The minimum absolute atomic E-state index is 0.335. The van der Waals surface area contributed by atoms with Crippen molar-refractivity contribution in [2.24, 2.45) is 0 Å². The molecular weight excluding hydrogens is 469 g/mol. The third kappa shape index (κ3) is 3.48. The van der Waals surface area contributed by atoms with Crippen molar-refractivity contribution in [3.05, 3.63) is 24.3 Å². The Kier molecular flexibility index (Phi) is 8.04. The van der Waals surface area contributed by atoms with Crippen LogP contribution in [0.5, 0.6) is 11.5 Å². The normalized spacial score (nSPS) is 19.5. The number of para-hydroxylation sites is 2. The zero-order chi connectivity index (χ0) is 22.0. The van der Waals surface area contributed by atoms with Gasteiger partial charge in [0, 0.05) is 0 Å². The van der Waals surface area contributed by atoms with E-state index in [1.54, 1.807) is 0 Å². The van der Waals surface area contributed by atoms with Gasteiger partial charge in [-0.3, -0.25) is 0 Å². The van der Waals surface area contributed by atoms with Crippen LogP contribution in [0.25, 0.3) is 0 Å². The van der Waals surface area contributed by atoms with Crippen molar-refractivity contribution in [1.82, 2.24) is 0 Å². The predicted octanol–water partition coefficient (Wildman–Crippen LogP) is 7.23. The molecule has 0 spiro atoms. The molecule has 0 radical (unpaired) electrons. The Hall–Kier alpha value is 0.390. The average Bonchev–Trinajstić information content (AvgIpc) is 3.01. The molecule has 2 rings (SSSR count). The first-order valence-electron chi connectivity index (χ1n) is 9.80.